The van der Waals surface area contributed by atoms with Crippen LogP contribution in [-0.4, -0.2) is 29.0 Å². The first-order chi connectivity index (χ1) is 15.4. The molecular weight excluding hydrogens is 426 g/mol. The van der Waals surface area contributed by atoms with E-state index in [1.54, 1.807) is 22.8 Å². The molecule has 0 aliphatic heterocycles. The van der Waals surface area contributed by atoms with E-state index in [0.717, 1.165) is 41.5 Å². The van der Waals surface area contributed by atoms with Crippen LogP contribution in [0.1, 0.15) is 53.2 Å². The van der Waals surface area contributed by atoms with Gasteiger partial charge in [0, 0.05) is 22.9 Å². The summed E-state index contributed by atoms with van der Waals surface area (Å²) in [6.07, 6.45) is 4.04. The van der Waals surface area contributed by atoms with Gasteiger partial charge in [-0.25, -0.2) is 4.79 Å². The molecule has 0 radical (unpaired) electrons. The molecule has 4 rings (SSSR count). The molecule has 1 aliphatic carbocycles. The highest BCUT2D eigenvalue weighted by Crippen LogP contribution is 2.44. The molecule has 0 saturated carbocycles. The summed E-state index contributed by atoms with van der Waals surface area (Å²) in [6, 6.07) is 7.54. The van der Waals surface area contributed by atoms with E-state index in [2.05, 4.69) is 10.6 Å². The van der Waals surface area contributed by atoms with E-state index in [9.17, 15) is 14.4 Å². The minimum absolute atomic E-state index is 0.0580. The van der Waals surface area contributed by atoms with E-state index in [-0.39, 0.29) is 30.7 Å². The number of carbonyl (C=O) groups is 3. The van der Waals surface area contributed by atoms with Crippen LogP contribution in [-0.2, 0) is 33.7 Å². The Kier molecular flexibility index (Phi) is 6.32. The van der Waals surface area contributed by atoms with Crippen LogP contribution in [0.15, 0.2) is 24.3 Å². The van der Waals surface area contributed by atoms with Gasteiger partial charge < -0.3 is 19.9 Å². The first-order valence-corrected chi connectivity index (χ1v) is 11.7. The number of amides is 2. The number of aryl methyl sites for hydroxylation is 3. The van der Waals surface area contributed by atoms with Gasteiger partial charge in [0.1, 0.15) is 11.4 Å². The van der Waals surface area contributed by atoms with Gasteiger partial charge in [-0.3, -0.25) is 9.59 Å². The monoisotopic (exact) mass is 453 g/mol. The average molecular weight is 454 g/mol. The Labute approximate surface area is 190 Å². The summed E-state index contributed by atoms with van der Waals surface area (Å²) in [5.41, 5.74) is 3.63. The van der Waals surface area contributed by atoms with Crippen LogP contribution in [0.3, 0.4) is 0 Å². The fourth-order valence-corrected chi connectivity index (χ4v) is 5.60. The summed E-state index contributed by atoms with van der Waals surface area (Å²) in [7, 11) is 0. The normalized spacial score (nSPS) is 13.0. The number of thiophene rings is 1. The number of hydrogen-bond donors (Lipinski definition) is 2. The van der Waals surface area contributed by atoms with Gasteiger partial charge in [-0.15, -0.1) is 11.3 Å². The molecule has 7 nitrogen and oxygen atoms in total. The summed E-state index contributed by atoms with van der Waals surface area (Å²) in [5, 5.41) is 6.62. The molecule has 2 amide bonds. The van der Waals surface area contributed by atoms with E-state index >= 15 is 0 Å². The summed E-state index contributed by atoms with van der Waals surface area (Å²) in [6.45, 7) is 5.27. The Balaban J connectivity index is 1.81. The number of hydrogen-bond acceptors (Lipinski definition) is 5. The Morgan fingerprint density at radius 2 is 1.81 bits per heavy atom. The Morgan fingerprint density at radius 1 is 1.09 bits per heavy atom. The van der Waals surface area contributed by atoms with Crippen molar-refractivity contribution < 1.29 is 19.1 Å². The number of fused-ring (bicyclic) bond motifs is 3. The van der Waals surface area contributed by atoms with Gasteiger partial charge in [-0.05, 0) is 57.2 Å². The largest absolute Gasteiger partial charge is 0.461 e. The molecule has 0 unspecified atom stereocenters. The molecule has 2 heterocycles. The number of anilines is 2. The second kappa shape index (κ2) is 9.16. The van der Waals surface area contributed by atoms with E-state index in [0.29, 0.717) is 11.4 Å². The molecule has 3 aromatic rings. The molecule has 168 valence electrons. The Morgan fingerprint density at radius 3 is 2.50 bits per heavy atom. The van der Waals surface area contributed by atoms with E-state index < -0.39 is 5.97 Å². The van der Waals surface area contributed by atoms with E-state index in [1.807, 2.05) is 31.2 Å². The number of rotatable bonds is 6. The van der Waals surface area contributed by atoms with Crippen molar-refractivity contribution in [3.63, 3.8) is 0 Å². The van der Waals surface area contributed by atoms with Crippen molar-refractivity contribution >= 4 is 50.7 Å². The SMILES string of the molecule is CCOC(=O)c1c(NC(C)=O)c2c3c(sc2n1CC(=O)Nc1ccc(C)cc1)CCCC3. The van der Waals surface area contributed by atoms with Gasteiger partial charge in [0.2, 0.25) is 11.8 Å². The quantitative estimate of drug-likeness (QED) is 0.531. The summed E-state index contributed by atoms with van der Waals surface area (Å²) in [5.74, 6) is -1.07. The number of ether oxygens (including phenoxy) is 1. The third-order valence-corrected chi connectivity index (χ3v) is 6.88. The average Bonchev–Trinajstić information content (AvgIpc) is 3.25. The Bertz CT molecular complexity index is 1190. The lowest BCUT2D eigenvalue weighted by molar-refractivity contribution is -0.116. The minimum atomic E-state index is -0.549. The van der Waals surface area contributed by atoms with Crippen molar-refractivity contribution in [1.29, 1.82) is 0 Å². The maximum absolute atomic E-state index is 13.0. The van der Waals surface area contributed by atoms with Crippen LogP contribution in [0.25, 0.3) is 10.2 Å². The van der Waals surface area contributed by atoms with Gasteiger partial charge in [-0.2, -0.15) is 0 Å². The summed E-state index contributed by atoms with van der Waals surface area (Å²) >= 11 is 1.60. The number of aromatic nitrogens is 1. The molecule has 0 saturated heterocycles. The smallest absolute Gasteiger partial charge is 0.357 e. The topological polar surface area (TPSA) is 89.4 Å². The minimum Gasteiger partial charge on any atom is -0.461 e. The van der Waals surface area contributed by atoms with Crippen LogP contribution < -0.4 is 10.6 Å². The van der Waals surface area contributed by atoms with Gasteiger partial charge in [0.15, 0.2) is 5.69 Å². The lowest BCUT2D eigenvalue weighted by Crippen LogP contribution is -2.23. The number of benzene rings is 1. The van der Waals surface area contributed by atoms with Gasteiger partial charge in [0.25, 0.3) is 0 Å². The summed E-state index contributed by atoms with van der Waals surface area (Å²) in [4.78, 5) is 40.0. The zero-order valence-corrected chi connectivity index (χ0v) is 19.4. The highest BCUT2D eigenvalue weighted by atomic mass is 32.1. The predicted molar refractivity (Wildman–Crippen MR) is 127 cm³/mol. The number of esters is 1. The molecule has 0 bridgehead atoms. The fraction of sp³-hybridized carbons (Fsp3) is 0.375. The zero-order chi connectivity index (χ0) is 22.8. The van der Waals surface area contributed by atoms with Crippen molar-refractivity contribution in [2.24, 2.45) is 0 Å². The lowest BCUT2D eigenvalue weighted by atomic mass is 9.96. The maximum Gasteiger partial charge on any atom is 0.357 e. The highest BCUT2D eigenvalue weighted by molar-refractivity contribution is 7.19. The zero-order valence-electron chi connectivity index (χ0n) is 18.5. The summed E-state index contributed by atoms with van der Waals surface area (Å²) < 4.78 is 7.01. The Hall–Kier alpha value is -3.13. The van der Waals surface area contributed by atoms with Gasteiger partial charge in [-0.1, -0.05) is 17.7 Å². The van der Waals surface area contributed by atoms with Crippen LogP contribution >= 0.6 is 11.3 Å². The number of nitrogens with one attached hydrogen (secondary N) is 2. The molecule has 0 fully saturated rings. The standard InChI is InChI=1S/C24H27N3O4S/c1-4-31-24(30)22-21(25-15(3)28)20-17-7-5-6-8-18(17)32-23(20)27(22)13-19(29)26-16-11-9-14(2)10-12-16/h9-12H,4-8,13H2,1-3H3,(H,25,28)(H,26,29). The van der Waals surface area contributed by atoms with Crippen molar-refractivity contribution in [2.75, 3.05) is 17.2 Å². The second-order valence-corrected chi connectivity index (χ2v) is 9.10. The molecular formula is C24H27N3O4S. The van der Waals surface area contributed by atoms with Crippen LogP contribution in [0.4, 0.5) is 11.4 Å². The second-order valence-electron chi connectivity index (χ2n) is 8.02. The lowest BCUT2D eigenvalue weighted by Gasteiger charge is -2.14. The molecule has 1 aliphatic rings. The fourth-order valence-electron chi connectivity index (χ4n) is 4.20. The van der Waals surface area contributed by atoms with Crippen molar-refractivity contribution in [3.05, 3.63) is 46.0 Å². The third-order valence-electron chi connectivity index (χ3n) is 5.56. The number of nitrogens with zero attached hydrogens (tertiary/aromatic N) is 1. The molecule has 1 aromatic carbocycles. The predicted octanol–water partition coefficient (Wildman–Crippen LogP) is 4.66. The van der Waals surface area contributed by atoms with Crippen LogP contribution in [0.5, 0.6) is 0 Å². The van der Waals surface area contributed by atoms with Gasteiger partial charge in [0.05, 0.1) is 12.3 Å². The van der Waals surface area contributed by atoms with Crippen LogP contribution in [0, 0.1) is 6.92 Å². The molecule has 8 heteroatoms. The first kappa shape index (κ1) is 22.1. The van der Waals surface area contributed by atoms with E-state index in [4.69, 9.17) is 4.74 Å². The van der Waals surface area contributed by atoms with Crippen molar-refractivity contribution in [2.45, 2.75) is 53.0 Å². The first-order valence-electron chi connectivity index (χ1n) is 10.9. The van der Waals surface area contributed by atoms with Crippen molar-refractivity contribution in [1.82, 2.24) is 4.57 Å². The molecule has 2 aromatic heterocycles. The maximum atomic E-state index is 13.0. The highest BCUT2D eigenvalue weighted by Gasteiger charge is 2.31. The molecule has 0 spiro atoms. The van der Waals surface area contributed by atoms with Gasteiger partial charge >= 0.3 is 5.97 Å². The molecule has 0 atom stereocenters. The number of carbonyl (C=O) groups excluding carboxylic acids is 3. The van der Waals surface area contributed by atoms with E-state index in [1.165, 1.54) is 17.4 Å². The van der Waals surface area contributed by atoms with Crippen molar-refractivity contribution in [3.8, 4) is 0 Å². The third kappa shape index (κ3) is 4.27. The molecule has 2 N–H and O–H groups in total. The van der Waals surface area contributed by atoms with Crippen LogP contribution in [0.2, 0.25) is 0 Å². The molecule has 32 heavy (non-hydrogen) atoms.